The van der Waals surface area contributed by atoms with Crippen LogP contribution in [0.1, 0.15) is 37.3 Å². The van der Waals surface area contributed by atoms with Gasteiger partial charge in [-0.15, -0.1) is 5.10 Å². The highest BCUT2D eigenvalue weighted by atomic mass is 32.2. The van der Waals surface area contributed by atoms with Gasteiger partial charge in [-0.3, -0.25) is 14.9 Å². The van der Waals surface area contributed by atoms with Crippen molar-refractivity contribution in [2.24, 2.45) is 0 Å². The van der Waals surface area contributed by atoms with Crippen LogP contribution in [0.25, 0.3) is 0 Å². The average molecular weight is 374 g/mol. The van der Waals surface area contributed by atoms with Crippen molar-refractivity contribution in [3.8, 4) is 0 Å². The molecule has 1 fully saturated rings. The fourth-order valence-electron chi connectivity index (χ4n) is 3.60. The molecule has 0 spiro atoms. The second kappa shape index (κ2) is 7.02. The number of hydrogen-bond acceptors (Lipinski definition) is 7. The van der Waals surface area contributed by atoms with E-state index in [9.17, 15) is 14.9 Å². The highest BCUT2D eigenvalue weighted by molar-refractivity contribution is 7.99. The van der Waals surface area contributed by atoms with Crippen molar-refractivity contribution in [2.75, 3.05) is 17.2 Å². The summed E-state index contributed by atoms with van der Waals surface area (Å²) in [6.07, 6.45) is 5.20. The van der Waals surface area contributed by atoms with E-state index in [1.165, 1.54) is 36.7 Å². The van der Waals surface area contributed by atoms with Crippen molar-refractivity contribution in [1.29, 1.82) is 0 Å². The van der Waals surface area contributed by atoms with E-state index in [1.807, 2.05) is 4.68 Å². The SMILES string of the molecule is O=C(CSc1nnnn1C1CCCC1)N1CCc2ccc([N+](=O)[O-])cc21. The molecule has 1 aliphatic carbocycles. The Hall–Kier alpha value is -2.49. The van der Waals surface area contributed by atoms with Gasteiger partial charge in [0.05, 0.1) is 22.4 Å². The summed E-state index contributed by atoms with van der Waals surface area (Å²) in [5.74, 6) is 0.116. The topological polar surface area (TPSA) is 107 Å². The van der Waals surface area contributed by atoms with Gasteiger partial charge in [0, 0.05) is 18.7 Å². The Morgan fingerprint density at radius 3 is 2.92 bits per heavy atom. The number of carbonyl (C=O) groups is 1. The van der Waals surface area contributed by atoms with Crippen LogP contribution in [-0.4, -0.2) is 43.3 Å². The number of non-ortho nitro benzene ring substituents is 1. The number of nitro benzene ring substituents is 1. The van der Waals surface area contributed by atoms with Gasteiger partial charge in [-0.05, 0) is 35.3 Å². The quantitative estimate of drug-likeness (QED) is 0.449. The summed E-state index contributed by atoms with van der Waals surface area (Å²) in [6, 6.07) is 5.01. The predicted octanol–water partition coefficient (Wildman–Crippen LogP) is 2.38. The molecule has 1 saturated carbocycles. The highest BCUT2D eigenvalue weighted by Crippen LogP contribution is 2.34. The lowest BCUT2D eigenvalue weighted by Crippen LogP contribution is -2.30. The van der Waals surface area contributed by atoms with Gasteiger partial charge in [-0.2, -0.15) is 0 Å². The number of tetrazole rings is 1. The van der Waals surface area contributed by atoms with Crippen molar-refractivity contribution >= 4 is 29.0 Å². The molecule has 4 rings (SSSR count). The third-order valence-electron chi connectivity index (χ3n) is 4.93. The molecule has 9 nitrogen and oxygen atoms in total. The molecule has 2 aromatic rings. The standard InChI is InChI=1S/C16H18N6O3S/c23-15(10-26-16-17-18-19-21(16)12-3-1-2-4-12)20-8-7-11-5-6-13(22(24)25)9-14(11)20/h5-6,9,12H,1-4,7-8,10H2. The van der Waals surface area contributed by atoms with Crippen LogP contribution >= 0.6 is 11.8 Å². The molecule has 10 heteroatoms. The molecule has 0 bridgehead atoms. The van der Waals surface area contributed by atoms with Gasteiger partial charge in [0.25, 0.3) is 5.69 Å². The van der Waals surface area contributed by atoms with E-state index in [4.69, 9.17) is 0 Å². The zero-order valence-corrected chi connectivity index (χ0v) is 14.9. The van der Waals surface area contributed by atoms with Gasteiger partial charge in [-0.1, -0.05) is 30.7 Å². The van der Waals surface area contributed by atoms with Crippen LogP contribution in [0, 0.1) is 10.1 Å². The van der Waals surface area contributed by atoms with Crippen LogP contribution < -0.4 is 4.90 Å². The molecule has 0 atom stereocenters. The summed E-state index contributed by atoms with van der Waals surface area (Å²) in [6.45, 7) is 0.545. The van der Waals surface area contributed by atoms with Gasteiger partial charge in [-0.25, -0.2) is 4.68 Å². The maximum atomic E-state index is 12.7. The van der Waals surface area contributed by atoms with Crippen LogP contribution in [-0.2, 0) is 11.2 Å². The molecule has 1 aliphatic heterocycles. The van der Waals surface area contributed by atoms with Gasteiger partial charge >= 0.3 is 0 Å². The number of anilines is 1. The Kier molecular flexibility index (Phi) is 4.58. The average Bonchev–Trinajstić information content (AvgIpc) is 3.38. The summed E-state index contributed by atoms with van der Waals surface area (Å²) in [7, 11) is 0. The molecule has 0 saturated heterocycles. The maximum absolute atomic E-state index is 12.7. The van der Waals surface area contributed by atoms with Crippen LogP contribution in [0.5, 0.6) is 0 Å². The first-order chi connectivity index (χ1) is 12.6. The van der Waals surface area contributed by atoms with Crippen molar-refractivity contribution < 1.29 is 9.72 Å². The van der Waals surface area contributed by atoms with E-state index >= 15 is 0 Å². The Labute approximate surface area is 153 Å². The molecule has 2 heterocycles. The molecule has 0 N–H and O–H groups in total. The number of nitro groups is 1. The largest absolute Gasteiger partial charge is 0.311 e. The third kappa shape index (κ3) is 3.16. The minimum Gasteiger partial charge on any atom is -0.311 e. The number of benzene rings is 1. The van der Waals surface area contributed by atoms with Crippen LogP contribution in [0.4, 0.5) is 11.4 Å². The number of hydrogen-bond donors (Lipinski definition) is 0. The maximum Gasteiger partial charge on any atom is 0.271 e. The fraction of sp³-hybridized carbons (Fsp3) is 0.500. The first kappa shape index (κ1) is 17.0. The van der Waals surface area contributed by atoms with Crippen molar-refractivity contribution in [2.45, 2.75) is 43.3 Å². The first-order valence-corrected chi connectivity index (χ1v) is 9.60. The van der Waals surface area contributed by atoms with Crippen molar-refractivity contribution in [3.63, 3.8) is 0 Å². The fourth-order valence-corrected chi connectivity index (χ4v) is 4.42. The molecule has 0 radical (unpaired) electrons. The number of amides is 1. The van der Waals surface area contributed by atoms with Gasteiger partial charge in [0.2, 0.25) is 11.1 Å². The lowest BCUT2D eigenvalue weighted by atomic mass is 10.1. The van der Waals surface area contributed by atoms with Gasteiger partial charge in [0.1, 0.15) is 0 Å². The molecule has 26 heavy (non-hydrogen) atoms. The van der Waals surface area contributed by atoms with E-state index in [1.54, 1.807) is 11.0 Å². The number of rotatable bonds is 5. The molecule has 136 valence electrons. The molecular formula is C16H18N6O3S. The number of fused-ring (bicyclic) bond motifs is 1. The zero-order valence-electron chi connectivity index (χ0n) is 14.1. The van der Waals surface area contributed by atoms with Crippen molar-refractivity contribution in [3.05, 3.63) is 33.9 Å². The lowest BCUT2D eigenvalue weighted by molar-refractivity contribution is -0.384. The van der Waals surface area contributed by atoms with Crippen LogP contribution in [0.15, 0.2) is 23.4 Å². The Balaban J connectivity index is 1.45. The minimum absolute atomic E-state index is 0.00118. The van der Waals surface area contributed by atoms with Gasteiger partial charge < -0.3 is 4.90 Å². The molecule has 1 amide bonds. The summed E-state index contributed by atoms with van der Waals surface area (Å²) in [4.78, 5) is 24.9. The Morgan fingerprint density at radius 1 is 1.35 bits per heavy atom. The molecule has 1 aromatic heterocycles. The third-order valence-corrected chi connectivity index (χ3v) is 5.85. The summed E-state index contributed by atoms with van der Waals surface area (Å²) >= 11 is 1.32. The lowest BCUT2D eigenvalue weighted by Gasteiger charge is -2.17. The normalized spacial score (nSPS) is 16.8. The molecular weight excluding hydrogens is 356 g/mol. The number of nitrogens with zero attached hydrogens (tertiary/aromatic N) is 6. The molecule has 0 unspecified atom stereocenters. The smallest absolute Gasteiger partial charge is 0.271 e. The highest BCUT2D eigenvalue weighted by Gasteiger charge is 2.28. The monoisotopic (exact) mass is 374 g/mol. The summed E-state index contributed by atoms with van der Waals surface area (Å²) in [5, 5.41) is 23.5. The molecule has 1 aromatic carbocycles. The van der Waals surface area contributed by atoms with Crippen LogP contribution in [0.3, 0.4) is 0 Å². The predicted molar refractivity (Wildman–Crippen MR) is 95.2 cm³/mol. The van der Waals surface area contributed by atoms with E-state index < -0.39 is 4.92 Å². The summed E-state index contributed by atoms with van der Waals surface area (Å²) in [5.41, 5.74) is 1.60. The minimum atomic E-state index is -0.439. The number of thioether (sulfide) groups is 1. The molecule has 2 aliphatic rings. The van der Waals surface area contributed by atoms with Crippen molar-refractivity contribution in [1.82, 2.24) is 20.2 Å². The van der Waals surface area contributed by atoms with E-state index in [2.05, 4.69) is 15.5 Å². The second-order valence-electron chi connectivity index (χ2n) is 6.50. The van der Waals surface area contributed by atoms with Gasteiger partial charge in [0.15, 0.2) is 0 Å². The van der Waals surface area contributed by atoms with E-state index in [0.29, 0.717) is 29.9 Å². The second-order valence-corrected chi connectivity index (χ2v) is 7.44. The Morgan fingerprint density at radius 2 is 2.15 bits per heavy atom. The summed E-state index contributed by atoms with van der Waals surface area (Å²) < 4.78 is 1.83. The number of aromatic nitrogens is 4. The number of carbonyl (C=O) groups excluding carboxylic acids is 1. The van der Waals surface area contributed by atoms with Crippen LogP contribution in [0.2, 0.25) is 0 Å². The Bertz CT molecular complexity index is 848. The zero-order chi connectivity index (χ0) is 18.1. The first-order valence-electron chi connectivity index (χ1n) is 8.62. The van der Waals surface area contributed by atoms with E-state index in [0.717, 1.165) is 18.4 Å². The van der Waals surface area contributed by atoms with E-state index in [-0.39, 0.29) is 17.3 Å².